The van der Waals surface area contributed by atoms with Gasteiger partial charge in [-0.15, -0.1) is 0 Å². The van der Waals surface area contributed by atoms with E-state index in [1.54, 1.807) is 0 Å². The molecule has 4 aliphatic rings. The molecule has 0 bridgehead atoms. The average Bonchev–Trinajstić information content (AvgIpc) is 3.46. The molecule has 4 heteroatoms. The molecule has 38 heavy (non-hydrogen) atoms. The zero-order chi connectivity index (χ0) is 25.7. The molecule has 1 unspecified atom stereocenters. The molecule has 196 valence electrons. The van der Waals surface area contributed by atoms with E-state index in [1.807, 2.05) is 54.8 Å². The van der Waals surface area contributed by atoms with Crippen LogP contribution >= 0.6 is 0 Å². The highest BCUT2D eigenvalue weighted by Gasteiger charge is 2.28. The predicted molar refractivity (Wildman–Crippen MR) is 153 cm³/mol. The quantitative estimate of drug-likeness (QED) is 0.277. The summed E-state index contributed by atoms with van der Waals surface area (Å²) in [5, 5.41) is 3.30. The number of benzene rings is 2. The van der Waals surface area contributed by atoms with Crippen molar-refractivity contribution in [2.45, 2.75) is 63.5 Å². The number of nitrogens with one attached hydrogen (secondary N) is 1. The standard InChI is InChI=1S/C34H38N2O2/c37-34(28-16-14-27(15-17-28)26-7-2-1-3-8-26)35-31-18-12-25(13-19-31)20-22-36-21-5-4-10-32(36)30-23-29-9-6-11-33(29)38-24-30/h1-3,6-9,11,14-17,23-25,31-32H,4-5,10,12-13,18-22H2,(H,35,37). The van der Waals surface area contributed by atoms with Gasteiger partial charge in [0.15, 0.2) is 0 Å². The lowest BCUT2D eigenvalue weighted by Crippen LogP contribution is -2.39. The van der Waals surface area contributed by atoms with E-state index >= 15 is 0 Å². The third-order valence-electron chi connectivity index (χ3n) is 8.71. The number of hydrogen-bond donors (Lipinski definition) is 1. The first-order chi connectivity index (χ1) is 18.7. The third kappa shape index (κ3) is 5.71. The minimum Gasteiger partial charge on any atom is -0.464 e. The van der Waals surface area contributed by atoms with E-state index in [2.05, 4.69) is 40.5 Å². The van der Waals surface area contributed by atoms with Crippen LogP contribution in [0.5, 0.6) is 0 Å². The van der Waals surface area contributed by atoms with Gasteiger partial charge in [-0.25, -0.2) is 0 Å². The van der Waals surface area contributed by atoms with Crippen molar-refractivity contribution in [1.29, 1.82) is 0 Å². The Labute approximate surface area is 226 Å². The second-order valence-corrected chi connectivity index (χ2v) is 11.2. The molecule has 1 saturated heterocycles. The van der Waals surface area contributed by atoms with Gasteiger partial charge in [-0.05, 0) is 99.3 Å². The van der Waals surface area contributed by atoms with E-state index in [1.165, 1.54) is 61.8 Å². The fraction of sp³-hybridized carbons (Fsp3) is 0.382. The monoisotopic (exact) mass is 506 g/mol. The molecule has 1 N–H and O–H groups in total. The van der Waals surface area contributed by atoms with Crippen LogP contribution in [0.15, 0.2) is 89.5 Å². The van der Waals surface area contributed by atoms with Crippen LogP contribution in [0.1, 0.15) is 73.3 Å². The normalized spacial score (nSPS) is 22.4. The van der Waals surface area contributed by atoms with E-state index in [0.717, 1.165) is 42.2 Å². The summed E-state index contributed by atoms with van der Waals surface area (Å²) in [6.07, 6.45) is 11.6. The summed E-state index contributed by atoms with van der Waals surface area (Å²) in [4.78, 5) is 15.6. The zero-order valence-corrected chi connectivity index (χ0v) is 22.1. The molecule has 2 aliphatic heterocycles. The molecule has 2 aromatic carbocycles. The van der Waals surface area contributed by atoms with Gasteiger partial charge in [-0.1, -0.05) is 61.0 Å². The first-order valence-electron chi connectivity index (χ1n) is 14.4. The van der Waals surface area contributed by atoms with Crippen molar-refractivity contribution < 1.29 is 9.21 Å². The minimum absolute atomic E-state index is 0.0522. The van der Waals surface area contributed by atoms with Crippen molar-refractivity contribution in [3.05, 3.63) is 96.3 Å². The smallest absolute Gasteiger partial charge is 0.251 e. The van der Waals surface area contributed by atoms with Gasteiger partial charge in [0.2, 0.25) is 0 Å². The van der Waals surface area contributed by atoms with Gasteiger partial charge in [-0.2, -0.15) is 0 Å². The third-order valence-corrected chi connectivity index (χ3v) is 8.71. The Bertz CT molecular complexity index is 1290. The molecule has 2 heterocycles. The Balaban J connectivity index is 0.981. The molecule has 2 aromatic rings. The lowest BCUT2D eigenvalue weighted by atomic mass is 9.83. The number of piperidine rings is 1. The van der Waals surface area contributed by atoms with Crippen LogP contribution < -0.4 is 5.32 Å². The summed E-state index contributed by atoms with van der Waals surface area (Å²) in [7, 11) is 0. The second kappa shape index (κ2) is 11.6. The largest absolute Gasteiger partial charge is 0.464 e. The summed E-state index contributed by atoms with van der Waals surface area (Å²) in [5.74, 6) is 1.78. The molecule has 0 aromatic heterocycles. The molecule has 0 radical (unpaired) electrons. The highest BCUT2D eigenvalue weighted by atomic mass is 16.3. The van der Waals surface area contributed by atoms with Gasteiger partial charge >= 0.3 is 0 Å². The van der Waals surface area contributed by atoms with E-state index < -0.39 is 0 Å². The maximum absolute atomic E-state index is 12.9. The van der Waals surface area contributed by atoms with E-state index in [0.29, 0.717) is 6.04 Å². The van der Waals surface area contributed by atoms with Crippen molar-refractivity contribution in [2.24, 2.45) is 5.92 Å². The number of nitrogens with zero attached hydrogens (tertiary/aromatic N) is 1. The fourth-order valence-corrected chi connectivity index (χ4v) is 6.46. The van der Waals surface area contributed by atoms with Crippen molar-refractivity contribution in [3.63, 3.8) is 0 Å². The first kappa shape index (κ1) is 24.9. The van der Waals surface area contributed by atoms with E-state index in [-0.39, 0.29) is 11.9 Å². The highest BCUT2D eigenvalue weighted by molar-refractivity contribution is 5.94. The summed E-state index contributed by atoms with van der Waals surface area (Å²) < 4.78 is 5.92. The summed E-state index contributed by atoms with van der Waals surface area (Å²) >= 11 is 0. The number of hydrogen-bond acceptors (Lipinski definition) is 3. The van der Waals surface area contributed by atoms with Crippen LogP contribution in [0.2, 0.25) is 0 Å². The molecule has 2 aliphatic carbocycles. The zero-order valence-electron chi connectivity index (χ0n) is 22.1. The highest BCUT2D eigenvalue weighted by Crippen LogP contribution is 2.36. The van der Waals surface area contributed by atoms with Gasteiger partial charge in [-0.3, -0.25) is 9.69 Å². The van der Waals surface area contributed by atoms with Crippen molar-refractivity contribution in [3.8, 4) is 22.5 Å². The predicted octanol–water partition coefficient (Wildman–Crippen LogP) is 7.96. The minimum atomic E-state index is 0.0522. The molecular weight excluding hydrogens is 468 g/mol. The van der Waals surface area contributed by atoms with Gasteiger partial charge in [0.05, 0.1) is 6.26 Å². The van der Waals surface area contributed by atoms with Crippen molar-refractivity contribution >= 4 is 5.91 Å². The lowest BCUT2D eigenvalue weighted by Gasteiger charge is -2.37. The second-order valence-electron chi connectivity index (χ2n) is 11.2. The number of rotatable bonds is 7. The van der Waals surface area contributed by atoms with E-state index in [4.69, 9.17) is 4.42 Å². The Hall–Kier alpha value is -3.37. The molecule has 1 atom stereocenters. The van der Waals surface area contributed by atoms with Crippen LogP contribution in [-0.4, -0.2) is 29.9 Å². The molecular formula is C34H38N2O2. The summed E-state index contributed by atoms with van der Waals surface area (Å²) in [6, 6.07) is 27.6. The Morgan fingerprint density at radius 3 is 2.39 bits per heavy atom. The Morgan fingerprint density at radius 2 is 1.58 bits per heavy atom. The molecule has 4 nitrogen and oxygen atoms in total. The number of carbonyl (C=O) groups is 1. The molecule has 1 amide bonds. The Kier molecular flexibility index (Phi) is 7.59. The van der Waals surface area contributed by atoms with Gasteiger partial charge < -0.3 is 9.73 Å². The van der Waals surface area contributed by atoms with Crippen LogP contribution in [0.3, 0.4) is 0 Å². The number of carbonyl (C=O) groups excluding carboxylic acids is 1. The SMILES string of the molecule is O=C(NC1CCC(CCN2CCCCC2c2coc3cccc-3c2)CC1)c1ccc(-c2ccccc2)cc1. The molecule has 6 rings (SSSR count). The maximum Gasteiger partial charge on any atom is 0.251 e. The number of likely N-dealkylation sites (tertiary alicyclic amines) is 1. The molecule has 1 saturated carbocycles. The van der Waals surface area contributed by atoms with Gasteiger partial charge in [0.1, 0.15) is 5.76 Å². The van der Waals surface area contributed by atoms with Crippen LogP contribution in [0, 0.1) is 5.92 Å². The van der Waals surface area contributed by atoms with Crippen molar-refractivity contribution in [2.75, 3.05) is 13.1 Å². The summed E-state index contributed by atoms with van der Waals surface area (Å²) in [6.45, 7) is 2.33. The Morgan fingerprint density at radius 1 is 0.816 bits per heavy atom. The van der Waals surface area contributed by atoms with Crippen LogP contribution in [-0.2, 0) is 0 Å². The maximum atomic E-state index is 12.9. The van der Waals surface area contributed by atoms with E-state index in [9.17, 15) is 4.79 Å². The topological polar surface area (TPSA) is 45.5 Å². The lowest BCUT2D eigenvalue weighted by molar-refractivity contribution is 0.0915. The molecule has 0 spiro atoms. The van der Waals surface area contributed by atoms with Crippen LogP contribution in [0.4, 0.5) is 0 Å². The summed E-state index contributed by atoms with van der Waals surface area (Å²) in [5.41, 5.74) is 5.59. The fourth-order valence-electron chi connectivity index (χ4n) is 6.46. The van der Waals surface area contributed by atoms with Gasteiger partial charge in [0, 0.05) is 28.8 Å². The molecule has 2 fully saturated rings. The van der Waals surface area contributed by atoms with Crippen molar-refractivity contribution in [1.82, 2.24) is 10.2 Å². The number of fused-ring (bicyclic) bond motifs is 1. The van der Waals surface area contributed by atoms with Gasteiger partial charge in [0.25, 0.3) is 5.91 Å². The average molecular weight is 507 g/mol. The van der Waals surface area contributed by atoms with Crippen LogP contribution in [0.25, 0.3) is 22.5 Å². The first-order valence-corrected chi connectivity index (χ1v) is 14.4. The number of amides is 1.